The summed E-state index contributed by atoms with van der Waals surface area (Å²) in [6, 6.07) is 3.43. The highest BCUT2D eigenvalue weighted by Crippen LogP contribution is 2.27. The first-order valence-electron chi connectivity index (χ1n) is 5.88. The average molecular weight is 325 g/mol. The van der Waals surface area contributed by atoms with Crippen molar-refractivity contribution in [3.05, 3.63) is 35.1 Å². The van der Waals surface area contributed by atoms with Crippen LogP contribution in [-0.2, 0) is 9.59 Å². The molecule has 1 aliphatic rings. The van der Waals surface area contributed by atoms with E-state index in [1.807, 2.05) is 12.2 Å². The molecule has 2 rings (SSSR count). The number of nitrogens with zero attached hydrogens (tertiary/aromatic N) is 1. The number of allylic oxidation sites excluding steroid dienone is 2. The van der Waals surface area contributed by atoms with Gasteiger partial charge in [-0.3, -0.25) is 9.59 Å². The number of carboxylic acid groups (broad SMARTS) is 1. The van der Waals surface area contributed by atoms with Gasteiger partial charge in [-0.2, -0.15) is 0 Å². The summed E-state index contributed by atoms with van der Waals surface area (Å²) in [5.41, 5.74) is 0.562. The second-order valence-electron chi connectivity index (χ2n) is 4.35. The summed E-state index contributed by atoms with van der Waals surface area (Å²) in [6.45, 7) is 0. The third-order valence-corrected chi connectivity index (χ3v) is 3.55. The number of aliphatic carboxylic acids is 1. The van der Waals surface area contributed by atoms with Crippen molar-refractivity contribution in [2.45, 2.75) is 12.8 Å². The summed E-state index contributed by atoms with van der Waals surface area (Å²) >= 11 is 3.21. The van der Waals surface area contributed by atoms with E-state index in [1.54, 1.807) is 12.1 Å². The fraction of sp³-hybridized carbons (Fsp3) is 0.308. The molecule has 100 valence electrons. The van der Waals surface area contributed by atoms with Crippen LogP contribution in [0.1, 0.15) is 12.8 Å². The number of pyridine rings is 1. The molecule has 1 aromatic heterocycles. The Morgan fingerprint density at radius 1 is 1.26 bits per heavy atom. The Kier molecular flexibility index (Phi) is 4.31. The predicted octanol–water partition coefficient (Wildman–Crippen LogP) is 2.45. The molecule has 2 unspecified atom stereocenters. The summed E-state index contributed by atoms with van der Waals surface area (Å²) in [6.07, 6.45) is 6.03. The third kappa shape index (κ3) is 3.41. The van der Waals surface area contributed by atoms with Gasteiger partial charge in [0.25, 0.3) is 0 Å². The van der Waals surface area contributed by atoms with E-state index in [0.717, 1.165) is 0 Å². The lowest BCUT2D eigenvalue weighted by Crippen LogP contribution is -2.34. The topological polar surface area (TPSA) is 79.3 Å². The first kappa shape index (κ1) is 13.7. The number of hydrogen-bond donors (Lipinski definition) is 2. The minimum Gasteiger partial charge on any atom is -0.481 e. The predicted molar refractivity (Wildman–Crippen MR) is 73.6 cm³/mol. The van der Waals surface area contributed by atoms with Crippen molar-refractivity contribution in [3.8, 4) is 0 Å². The van der Waals surface area contributed by atoms with Crippen LogP contribution in [0.5, 0.6) is 0 Å². The Balaban J connectivity index is 2.08. The quantitative estimate of drug-likeness (QED) is 0.661. The third-order valence-electron chi connectivity index (χ3n) is 3.08. The molecule has 5 nitrogen and oxygen atoms in total. The maximum atomic E-state index is 12.1. The molecule has 2 N–H and O–H groups in total. The summed E-state index contributed by atoms with van der Waals surface area (Å²) in [5.74, 6) is -2.40. The Morgan fingerprint density at radius 3 is 2.53 bits per heavy atom. The minimum absolute atomic E-state index is 0.277. The van der Waals surface area contributed by atoms with Crippen LogP contribution in [0, 0.1) is 11.8 Å². The molecule has 1 amide bonds. The molecule has 1 aliphatic carbocycles. The highest BCUT2D eigenvalue weighted by Gasteiger charge is 2.33. The number of anilines is 1. The molecule has 0 saturated heterocycles. The average Bonchev–Trinajstić information content (AvgIpc) is 2.41. The van der Waals surface area contributed by atoms with E-state index in [0.29, 0.717) is 23.1 Å². The number of halogens is 1. The number of rotatable bonds is 3. The summed E-state index contributed by atoms with van der Waals surface area (Å²) in [7, 11) is 0. The fourth-order valence-corrected chi connectivity index (χ4v) is 2.30. The van der Waals surface area contributed by atoms with E-state index in [2.05, 4.69) is 26.2 Å². The maximum absolute atomic E-state index is 12.1. The van der Waals surface area contributed by atoms with Crippen LogP contribution in [0.2, 0.25) is 0 Å². The number of amides is 1. The van der Waals surface area contributed by atoms with Crippen molar-refractivity contribution in [3.63, 3.8) is 0 Å². The van der Waals surface area contributed by atoms with Crippen molar-refractivity contribution in [1.29, 1.82) is 0 Å². The first-order chi connectivity index (χ1) is 9.08. The normalized spacial score (nSPS) is 21.9. The molecule has 0 aliphatic heterocycles. The molecule has 0 spiro atoms. The molecular formula is C13H13BrN2O3. The fourth-order valence-electron chi connectivity index (χ4n) is 2.06. The first-order valence-corrected chi connectivity index (χ1v) is 6.67. The van der Waals surface area contributed by atoms with Gasteiger partial charge in [0, 0.05) is 0 Å². The molecule has 1 heterocycles. The number of carboxylic acids is 1. The lowest BCUT2D eigenvalue weighted by atomic mass is 9.82. The Bertz CT molecular complexity index is 513. The molecule has 0 aromatic carbocycles. The smallest absolute Gasteiger partial charge is 0.307 e. The number of aromatic nitrogens is 1. The van der Waals surface area contributed by atoms with Gasteiger partial charge < -0.3 is 10.4 Å². The maximum Gasteiger partial charge on any atom is 0.307 e. The number of carbonyl (C=O) groups is 2. The van der Waals surface area contributed by atoms with E-state index in [9.17, 15) is 9.59 Å². The van der Waals surface area contributed by atoms with Crippen LogP contribution < -0.4 is 5.32 Å². The second-order valence-corrected chi connectivity index (χ2v) is 5.17. The van der Waals surface area contributed by atoms with E-state index in [-0.39, 0.29) is 5.91 Å². The Morgan fingerprint density at radius 2 is 1.95 bits per heavy atom. The zero-order valence-corrected chi connectivity index (χ0v) is 11.6. The highest BCUT2D eigenvalue weighted by molar-refractivity contribution is 9.10. The van der Waals surface area contributed by atoms with Crippen LogP contribution in [0.15, 0.2) is 35.1 Å². The number of nitrogens with one attached hydrogen (secondary N) is 1. The molecule has 6 heteroatoms. The van der Waals surface area contributed by atoms with E-state index < -0.39 is 17.8 Å². The standard InChI is InChI=1S/C13H13BrN2O3/c14-11-6-5-8(7-15-11)16-12(17)9-3-1-2-4-10(9)13(18)19/h1-2,5-7,9-10H,3-4H2,(H,16,17)(H,18,19). The van der Waals surface area contributed by atoms with Crippen LogP contribution in [-0.4, -0.2) is 22.0 Å². The van der Waals surface area contributed by atoms with Crippen molar-refractivity contribution in [2.75, 3.05) is 5.32 Å². The molecule has 19 heavy (non-hydrogen) atoms. The van der Waals surface area contributed by atoms with Gasteiger partial charge in [0.15, 0.2) is 0 Å². The van der Waals surface area contributed by atoms with Crippen molar-refractivity contribution >= 4 is 33.5 Å². The van der Waals surface area contributed by atoms with Crippen LogP contribution in [0.25, 0.3) is 0 Å². The van der Waals surface area contributed by atoms with Gasteiger partial charge in [0.2, 0.25) is 5.91 Å². The molecule has 0 fully saturated rings. The van der Waals surface area contributed by atoms with E-state index in [1.165, 1.54) is 6.20 Å². The number of hydrogen-bond acceptors (Lipinski definition) is 3. The van der Waals surface area contributed by atoms with Crippen molar-refractivity contribution in [2.24, 2.45) is 11.8 Å². The zero-order valence-electron chi connectivity index (χ0n) is 10.0. The molecule has 2 atom stereocenters. The largest absolute Gasteiger partial charge is 0.481 e. The molecule has 0 bridgehead atoms. The molecule has 0 radical (unpaired) electrons. The van der Waals surface area contributed by atoms with Crippen molar-refractivity contribution < 1.29 is 14.7 Å². The second kappa shape index (κ2) is 5.97. The lowest BCUT2D eigenvalue weighted by Gasteiger charge is -2.24. The van der Waals surface area contributed by atoms with Gasteiger partial charge in [-0.25, -0.2) is 4.98 Å². The summed E-state index contributed by atoms with van der Waals surface area (Å²) < 4.78 is 0.675. The summed E-state index contributed by atoms with van der Waals surface area (Å²) in [5, 5.41) is 11.8. The molecule has 0 saturated carbocycles. The highest BCUT2D eigenvalue weighted by atomic mass is 79.9. The van der Waals surface area contributed by atoms with Gasteiger partial charge in [-0.1, -0.05) is 12.2 Å². The minimum atomic E-state index is -0.932. The van der Waals surface area contributed by atoms with Crippen LogP contribution >= 0.6 is 15.9 Å². The van der Waals surface area contributed by atoms with Crippen molar-refractivity contribution in [1.82, 2.24) is 4.98 Å². The van der Waals surface area contributed by atoms with Crippen LogP contribution in [0.4, 0.5) is 5.69 Å². The van der Waals surface area contributed by atoms with Gasteiger partial charge in [-0.05, 0) is 40.9 Å². The van der Waals surface area contributed by atoms with Gasteiger partial charge in [-0.15, -0.1) is 0 Å². The van der Waals surface area contributed by atoms with E-state index >= 15 is 0 Å². The number of carbonyl (C=O) groups excluding carboxylic acids is 1. The van der Waals surface area contributed by atoms with E-state index in [4.69, 9.17) is 5.11 Å². The lowest BCUT2D eigenvalue weighted by molar-refractivity contribution is -0.146. The van der Waals surface area contributed by atoms with Gasteiger partial charge in [0.1, 0.15) is 4.60 Å². The van der Waals surface area contributed by atoms with Gasteiger partial charge in [0.05, 0.1) is 23.7 Å². The SMILES string of the molecule is O=C(O)C1CC=CCC1C(=O)Nc1ccc(Br)nc1. The zero-order chi connectivity index (χ0) is 13.8. The van der Waals surface area contributed by atoms with Crippen LogP contribution in [0.3, 0.4) is 0 Å². The molecule has 1 aromatic rings. The van der Waals surface area contributed by atoms with Gasteiger partial charge >= 0.3 is 5.97 Å². The molecular weight excluding hydrogens is 312 g/mol. The summed E-state index contributed by atoms with van der Waals surface area (Å²) in [4.78, 5) is 27.3. The Labute approximate surface area is 118 Å². The Hall–Kier alpha value is -1.69. The monoisotopic (exact) mass is 324 g/mol.